The number of benzene rings is 1. The Balaban J connectivity index is 2.03. The normalized spacial score (nSPS) is 10.7. The van der Waals surface area contributed by atoms with Gasteiger partial charge in [-0.3, -0.25) is 0 Å². The van der Waals surface area contributed by atoms with Gasteiger partial charge < -0.3 is 15.2 Å². The summed E-state index contributed by atoms with van der Waals surface area (Å²) < 4.78 is 0. The second kappa shape index (κ2) is 5.78. The maximum absolute atomic E-state index is 11.9. The van der Waals surface area contributed by atoms with E-state index >= 15 is 0 Å². The fourth-order valence-corrected chi connectivity index (χ4v) is 2.24. The van der Waals surface area contributed by atoms with Gasteiger partial charge in [0.2, 0.25) is 0 Å². The molecule has 0 aliphatic rings. The van der Waals surface area contributed by atoms with Crippen LogP contribution >= 0.6 is 0 Å². The van der Waals surface area contributed by atoms with Crippen LogP contribution in [0.2, 0.25) is 0 Å². The number of aromatic amines is 1. The largest absolute Gasteiger partial charge is 0.359 e. The maximum atomic E-state index is 11.9. The van der Waals surface area contributed by atoms with E-state index in [1.165, 1.54) is 5.39 Å². The number of rotatable bonds is 4. The standard InChI is InChI=1S/C15H21N3O/c1-4-18(5-2)15(19)16-10-12-6-7-14-13(9-12)8-11(3)17-14/h6-9,17H,4-5,10H2,1-3H3,(H,16,19). The van der Waals surface area contributed by atoms with Crippen LogP contribution in [0.1, 0.15) is 25.1 Å². The molecule has 102 valence electrons. The Morgan fingerprint density at radius 3 is 2.68 bits per heavy atom. The van der Waals surface area contributed by atoms with Gasteiger partial charge >= 0.3 is 6.03 Å². The number of nitrogens with zero attached hydrogens (tertiary/aromatic N) is 1. The van der Waals surface area contributed by atoms with Gasteiger partial charge in [0.25, 0.3) is 0 Å². The maximum Gasteiger partial charge on any atom is 0.317 e. The molecule has 0 radical (unpaired) electrons. The molecule has 0 spiro atoms. The van der Waals surface area contributed by atoms with Crippen molar-refractivity contribution in [3.63, 3.8) is 0 Å². The second-order valence-corrected chi connectivity index (χ2v) is 4.70. The van der Waals surface area contributed by atoms with Crippen LogP contribution in [-0.2, 0) is 6.54 Å². The third-order valence-electron chi connectivity index (χ3n) is 3.31. The summed E-state index contributed by atoms with van der Waals surface area (Å²) in [6.45, 7) is 8.05. The number of fused-ring (bicyclic) bond motifs is 1. The predicted molar refractivity (Wildman–Crippen MR) is 78.2 cm³/mol. The van der Waals surface area contributed by atoms with E-state index in [0.717, 1.165) is 29.9 Å². The lowest BCUT2D eigenvalue weighted by molar-refractivity contribution is 0.203. The SMILES string of the molecule is CCN(CC)C(=O)NCc1ccc2[nH]c(C)cc2c1. The number of nitrogens with one attached hydrogen (secondary N) is 2. The Kier molecular flexibility index (Phi) is 4.10. The Morgan fingerprint density at radius 1 is 1.26 bits per heavy atom. The number of hydrogen-bond acceptors (Lipinski definition) is 1. The number of carbonyl (C=O) groups is 1. The van der Waals surface area contributed by atoms with Crippen LogP contribution in [0.3, 0.4) is 0 Å². The summed E-state index contributed by atoms with van der Waals surface area (Å²) in [4.78, 5) is 16.9. The van der Waals surface area contributed by atoms with Crippen molar-refractivity contribution in [3.05, 3.63) is 35.5 Å². The molecule has 1 heterocycles. The van der Waals surface area contributed by atoms with E-state index < -0.39 is 0 Å². The highest BCUT2D eigenvalue weighted by atomic mass is 16.2. The van der Waals surface area contributed by atoms with Gasteiger partial charge in [-0.15, -0.1) is 0 Å². The van der Waals surface area contributed by atoms with Crippen molar-refractivity contribution in [1.82, 2.24) is 15.2 Å². The van der Waals surface area contributed by atoms with Crippen molar-refractivity contribution < 1.29 is 4.79 Å². The van der Waals surface area contributed by atoms with Crippen LogP contribution in [0.15, 0.2) is 24.3 Å². The number of urea groups is 1. The highest BCUT2D eigenvalue weighted by Crippen LogP contribution is 2.16. The molecule has 4 nitrogen and oxygen atoms in total. The summed E-state index contributed by atoms with van der Waals surface area (Å²) in [5, 5.41) is 4.14. The lowest BCUT2D eigenvalue weighted by Gasteiger charge is -2.19. The molecular formula is C15H21N3O. The summed E-state index contributed by atoms with van der Waals surface area (Å²) in [6, 6.07) is 8.32. The lowest BCUT2D eigenvalue weighted by Crippen LogP contribution is -2.39. The van der Waals surface area contributed by atoms with Crippen LogP contribution in [0, 0.1) is 6.92 Å². The van der Waals surface area contributed by atoms with Gasteiger partial charge in [-0.1, -0.05) is 6.07 Å². The molecule has 1 aromatic carbocycles. The van der Waals surface area contributed by atoms with Gasteiger partial charge in [0.1, 0.15) is 0 Å². The van der Waals surface area contributed by atoms with Crippen molar-refractivity contribution in [1.29, 1.82) is 0 Å². The number of aryl methyl sites for hydroxylation is 1. The molecule has 1 aromatic heterocycles. The molecule has 2 aromatic rings. The smallest absolute Gasteiger partial charge is 0.317 e. The van der Waals surface area contributed by atoms with E-state index in [1.54, 1.807) is 4.90 Å². The monoisotopic (exact) mass is 259 g/mol. The zero-order chi connectivity index (χ0) is 13.8. The molecule has 2 N–H and O–H groups in total. The number of carbonyl (C=O) groups excluding carboxylic acids is 1. The molecular weight excluding hydrogens is 238 g/mol. The van der Waals surface area contributed by atoms with Crippen molar-refractivity contribution in [2.75, 3.05) is 13.1 Å². The van der Waals surface area contributed by atoms with E-state index in [9.17, 15) is 4.79 Å². The van der Waals surface area contributed by atoms with Crippen LogP contribution < -0.4 is 5.32 Å². The first-order valence-corrected chi connectivity index (χ1v) is 6.75. The van der Waals surface area contributed by atoms with Crippen LogP contribution in [0.25, 0.3) is 10.9 Å². The lowest BCUT2D eigenvalue weighted by atomic mass is 10.1. The number of hydrogen-bond donors (Lipinski definition) is 2. The number of H-pyrrole nitrogens is 1. The van der Waals surface area contributed by atoms with E-state index in [-0.39, 0.29) is 6.03 Å². The van der Waals surface area contributed by atoms with Gasteiger partial charge in [0.15, 0.2) is 0 Å². The molecule has 0 atom stereocenters. The van der Waals surface area contributed by atoms with Gasteiger partial charge in [-0.25, -0.2) is 4.79 Å². The van der Waals surface area contributed by atoms with Crippen LogP contribution in [-0.4, -0.2) is 29.0 Å². The highest BCUT2D eigenvalue weighted by Gasteiger charge is 2.08. The van der Waals surface area contributed by atoms with Gasteiger partial charge in [-0.05, 0) is 49.9 Å². The molecule has 0 fully saturated rings. The van der Waals surface area contributed by atoms with Crippen LogP contribution in [0.5, 0.6) is 0 Å². The molecule has 0 saturated carbocycles. The fraction of sp³-hybridized carbons (Fsp3) is 0.400. The number of aromatic nitrogens is 1. The molecule has 2 rings (SSSR count). The quantitative estimate of drug-likeness (QED) is 0.871. The van der Waals surface area contributed by atoms with Gasteiger partial charge in [0, 0.05) is 30.8 Å². The molecule has 0 bridgehead atoms. The highest BCUT2D eigenvalue weighted by molar-refractivity contribution is 5.81. The van der Waals surface area contributed by atoms with Gasteiger partial charge in [-0.2, -0.15) is 0 Å². The van der Waals surface area contributed by atoms with Crippen molar-refractivity contribution in [2.45, 2.75) is 27.3 Å². The topological polar surface area (TPSA) is 48.1 Å². The number of amides is 2. The summed E-state index contributed by atoms with van der Waals surface area (Å²) >= 11 is 0. The fourth-order valence-electron chi connectivity index (χ4n) is 2.24. The predicted octanol–water partition coefficient (Wildman–Crippen LogP) is 3.03. The average molecular weight is 259 g/mol. The molecule has 4 heteroatoms. The Hall–Kier alpha value is -1.97. The summed E-state index contributed by atoms with van der Waals surface area (Å²) in [7, 11) is 0. The molecule has 2 amide bonds. The van der Waals surface area contributed by atoms with Crippen molar-refractivity contribution in [2.24, 2.45) is 0 Å². The Labute approximate surface area is 113 Å². The minimum atomic E-state index is -0.00431. The minimum Gasteiger partial charge on any atom is -0.359 e. The molecule has 0 unspecified atom stereocenters. The summed E-state index contributed by atoms with van der Waals surface area (Å²) in [5.74, 6) is 0. The molecule has 0 aliphatic heterocycles. The Bertz CT molecular complexity index is 570. The molecule has 0 saturated heterocycles. The first kappa shape index (κ1) is 13.5. The Morgan fingerprint density at radius 2 is 2.00 bits per heavy atom. The third-order valence-corrected chi connectivity index (χ3v) is 3.31. The van der Waals surface area contributed by atoms with E-state index in [2.05, 4.69) is 28.5 Å². The van der Waals surface area contributed by atoms with Crippen molar-refractivity contribution in [3.8, 4) is 0 Å². The van der Waals surface area contributed by atoms with Gasteiger partial charge in [0.05, 0.1) is 0 Å². The summed E-state index contributed by atoms with van der Waals surface area (Å²) in [6.07, 6.45) is 0. The van der Waals surface area contributed by atoms with E-state index in [0.29, 0.717) is 6.54 Å². The average Bonchev–Trinajstić information content (AvgIpc) is 2.77. The van der Waals surface area contributed by atoms with Crippen LogP contribution in [0.4, 0.5) is 4.79 Å². The minimum absolute atomic E-state index is 0.00431. The van der Waals surface area contributed by atoms with Crippen molar-refractivity contribution >= 4 is 16.9 Å². The zero-order valence-corrected chi connectivity index (χ0v) is 11.8. The van der Waals surface area contributed by atoms with E-state index in [4.69, 9.17) is 0 Å². The second-order valence-electron chi connectivity index (χ2n) is 4.70. The third kappa shape index (κ3) is 3.08. The first-order valence-electron chi connectivity index (χ1n) is 6.75. The molecule has 0 aliphatic carbocycles. The van der Waals surface area contributed by atoms with E-state index in [1.807, 2.05) is 26.8 Å². The summed E-state index contributed by atoms with van der Waals surface area (Å²) in [5.41, 5.74) is 3.41. The first-order chi connectivity index (χ1) is 9.13. The zero-order valence-electron chi connectivity index (χ0n) is 11.8. The molecule has 19 heavy (non-hydrogen) atoms.